The molecule has 0 radical (unpaired) electrons. The Kier molecular flexibility index (Phi) is 2.93. The van der Waals surface area contributed by atoms with Gasteiger partial charge < -0.3 is 0 Å². The Morgan fingerprint density at radius 3 is 3.00 bits per heavy atom. The molecule has 0 saturated carbocycles. The van der Waals surface area contributed by atoms with Gasteiger partial charge in [0.05, 0.1) is 18.5 Å². The van der Waals surface area contributed by atoms with Crippen LogP contribution in [-0.2, 0) is 10.9 Å². The third-order valence-electron chi connectivity index (χ3n) is 1.01. The first-order valence-corrected chi connectivity index (χ1v) is 3.35. The van der Waals surface area contributed by atoms with Crippen molar-refractivity contribution in [3.63, 3.8) is 0 Å². The van der Waals surface area contributed by atoms with Crippen LogP contribution in [0.2, 0.25) is 5.15 Å². The van der Waals surface area contributed by atoms with E-state index >= 15 is 0 Å². The SMILES string of the molecule is ClOCc1ccnc(Cl)c1. The van der Waals surface area contributed by atoms with E-state index in [1.54, 1.807) is 18.3 Å². The number of nitrogens with zero attached hydrogens (tertiary/aromatic N) is 1. The maximum absolute atomic E-state index is 5.57. The summed E-state index contributed by atoms with van der Waals surface area (Å²) in [6, 6.07) is 3.48. The van der Waals surface area contributed by atoms with E-state index in [0.29, 0.717) is 11.8 Å². The second-order valence-electron chi connectivity index (χ2n) is 1.74. The van der Waals surface area contributed by atoms with Crippen molar-refractivity contribution in [2.75, 3.05) is 0 Å². The Morgan fingerprint density at radius 1 is 1.60 bits per heavy atom. The van der Waals surface area contributed by atoms with Gasteiger partial charge in [-0.2, -0.15) is 0 Å². The first kappa shape index (κ1) is 7.79. The largest absolute Gasteiger partial charge is 0.274 e. The number of aromatic nitrogens is 1. The molecular weight excluding hydrogens is 173 g/mol. The molecule has 0 N–H and O–H groups in total. The van der Waals surface area contributed by atoms with E-state index in [9.17, 15) is 0 Å². The van der Waals surface area contributed by atoms with E-state index in [1.807, 2.05) is 0 Å². The van der Waals surface area contributed by atoms with E-state index < -0.39 is 0 Å². The molecular formula is C6H5Cl2NO. The average molecular weight is 178 g/mol. The quantitative estimate of drug-likeness (QED) is 0.648. The van der Waals surface area contributed by atoms with E-state index in [2.05, 4.69) is 9.27 Å². The van der Waals surface area contributed by atoms with Crippen LogP contribution in [0.3, 0.4) is 0 Å². The zero-order valence-electron chi connectivity index (χ0n) is 5.05. The van der Waals surface area contributed by atoms with Crippen LogP contribution < -0.4 is 0 Å². The third kappa shape index (κ3) is 2.14. The van der Waals surface area contributed by atoms with Crippen molar-refractivity contribution < 1.29 is 4.29 Å². The topological polar surface area (TPSA) is 22.1 Å². The fraction of sp³-hybridized carbons (Fsp3) is 0.167. The van der Waals surface area contributed by atoms with Crippen molar-refractivity contribution >= 4 is 23.5 Å². The Bertz CT molecular complexity index is 217. The van der Waals surface area contributed by atoms with Crippen molar-refractivity contribution in [1.29, 1.82) is 0 Å². The molecule has 1 heterocycles. The third-order valence-corrected chi connectivity index (χ3v) is 1.33. The molecule has 0 amide bonds. The van der Waals surface area contributed by atoms with Gasteiger partial charge in [0.2, 0.25) is 0 Å². The summed E-state index contributed by atoms with van der Waals surface area (Å²) in [6.45, 7) is 0.351. The highest BCUT2D eigenvalue weighted by atomic mass is 35.5. The number of pyridine rings is 1. The Hall–Kier alpha value is -0.310. The molecule has 0 aliphatic carbocycles. The summed E-state index contributed by atoms with van der Waals surface area (Å²) in [5.41, 5.74) is 0.912. The Labute approximate surface area is 68.9 Å². The van der Waals surface area contributed by atoms with Gasteiger partial charge in [-0.3, -0.25) is 4.29 Å². The van der Waals surface area contributed by atoms with Crippen LogP contribution in [0.5, 0.6) is 0 Å². The molecule has 0 saturated heterocycles. The molecule has 1 rings (SSSR count). The van der Waals surface area contributed by atoms with E-state index in [4.69, 9.17) is 23.5 Å². The fourth-order valence-electron chi connectivity index (χ4n) is 0.595. The van der Waals surface area contributed by atoms with Gasteiger partial charge in [-0.05, 0) is 17.7 Å². The maximum Gasteiger partial charge on any atom is 0.129 e. The zero-order chi connectivity index (χ0) is 7.40. The van der Waals surface area contributed by atoms with Crippen LogP contribution in [0.1, 0.15) is 5.56 Å². The van der Waals surface area contributed by atoms with Crippen molar-refractivity contribution in [1.82, 2.24) is 4.98 Å². The number of rotatable bonds is 2. The van der Waals surface area contributed by atoms with Crippen LogP contribution >= 0.6 is 23.5 Å². The average Bonchev–Trinajstić information content (AvgIpc) is 1.88. The van der Waals surface area contributed by atoms with Gasteiger partial charge in [-0.15, -0.1) is 0 Å². The van der Waals surface area contributed by atoms with Gasteiger partial charge >= 0.3 is 0 Å². The van der Waals surface area contributed by atoms with Gasteiger partial charge in [0.25, 0.3) is 0 Å². The highest BCUT2D eigenvalue weighted by Crippen LogP contribution is 2.08. The van der Waals surface area contributed by atoms with Crippen LogP contribution in [-0.4, -0.2) is 4.98 Å². The Balaban J connectivity index is 2.75. The minimum atomic E-state index is 0.351. The first-order chi connectivity index (χ1) is 4.83. The second-order valence-corrected chi connectivity index (χ2v) is 2.35. The van der Waals surface area contributed by atoms with E-state index in [-0.39, 0.29) is 0 Å². The minimum Gasteiger partial charge on any atom is -0.274 e. The molecule has 0 fully saturated rings. The van der Waals surface area contributed by atoms with E-state index in [0.717, 1.165) is 5.56 Å². The summed E-state index contributed by atoms with van der Waals surface area (Å²) in [5, 5.41) is 0.450. The molecule has 0 bridgehead atoms. The standard InChI is InChI=1S/C6H5Cl2NO/c7-6-3-5(4-10-8)1-2-9-6/h1-3H,4H2. The second kappa shape index (κ2) is 3.76. The predicted octanol–water partition coefficient (Wildman–Crippen LogP) is 2.41. The smallest absolute Gasteiger partial charge is 0.129 e. The molecule has 0 aliphatic rings. The summed E-state index contributed by atoms with van der Waals surface area (Å²) >= 11 is 10.6. The molecule has 1 aromatic heterocycles. The lowest BCUT2D eigenvalue weighted by Crippen LogP contribution is -1.84. The summed E-state index contributed by atoms with van der Waals surface area (Å²) in [4.78, 5) is 3.79. The van der Waals surface area contributed by atoms with Crippen LogP contribution in [0.4, 0.5) is 0 Å². The highest BCUT2D eigenvalue weighted by Gasteiger charge is 1.92. The lowest BCUT2D eigenvalue weighted by atomic mass is 10.3. The zero-order valence-corrected chi connectivity index (χ0v) is 6.56. The normalized spacial score (nSPS) is 9.80. The lowest BCUT2D eigenvalue weighted by molar-refractivity contribution is 0.340. The monoisotopic (exact) mass is 177 g/mol. The molecule has 54 valence electrons. The van der Waals surface area contributed by atoms with Gasteiger partial charge in [0, 0.05) is 6.20 Å². The molecule has 0 aliphatic heterocycles. The minimum absolute atomic E-state index is 0.351. The Morgan fingerprint density at radius 2 is 2.40 bits per heavy atom. The van der Waals surface area contributed by atoms with Crippen LogP contribution in [0.15, 0.2) is 18.3 Å². The van der Waals surface area contributed by atoms with Crippen LogP contribution in [0, 0.1) is 0 Å². The fourth-order valence-corrected chi connectivity index (χ4v) is 0.918. The van der Waals surface area contributed by atoms with Crippen molar-refractivity contribution in [3.05, 3.63) is 29.0 Å². The molecule has 0 atom stereocenters. The number of hydrogen-bond donors (Lipinski definition) is 0. The highest BCUT2D eigenvalue weighted by molar-refractivity contribution is 6.29. The van der Waals surface area contributed by atoms with Gasteiger partial charge in [0.1, 0.15) is 5.15 Å². The molecule has 1 aromatic rings. The number of halogens is 2. The van der Waals surface area contributed by atoms with Gasteiger partial charge in [-0.25, -0.2) is 4.98 Å². The van der Waals surface area contributed by atoms with Gasteiger partial charge in [-0.1, -0.05) is 11.6 Å². The van der Waals surface area contributed by atoms with Crippen molar-refractivity contribution in [2.24, 2.45) is 0 Å². The van der Waals surface area contributed by atoms with Crippen molar-refractivity contribution in [3.8, 4) is 0 Å². The summed E-state index contributed by atoms with van der Waals surface area (Å²) in [6.07, 6.45) is 1.60. The summed E-state index contributed by atoms with van der Waals surface area (Å²) in [7, 11) is 0. The molecule has 4 heteroatoms. The van der Waals surface area contributed by atoms with Crippen LogP contribution in [0.25, 0.3) is 0 Å². The summed E-state index contributed by atoms with van der Waals surface area (Å²) in [5.74, 6) is 0. The molecule has 0 aromatic carbocycles. The van der Waals surface area contributed by atoms with Crippen molar-refractivity contribution in [2.45, 2.75) is 6.61 Å². The number of hydrogen-bond acceptors (Lipinski definition) is 2. The van der Waals surface area contributed by atoms with E-state index in [1.165, 1.54) is 0 Å². The van der Waals surface area contributed by atoms with Gasteiger partial charge in [0.15, 0.2) is 0 Å². The molecule has 2 nitrogen and oxygen atoms in total. The molecule has 0 unspecified atom stereocenters. The molecule has 10 heavy (non-hydrogen) atoms. The summed E-state index contributed by atoms with van der Waals surface area (Å²) < 4.78 is 4.37. The first-order valence-electron chi connectivity index (χ1n) is 2.67. The maximum atomic E-state index is 5.57. The predicted molar refractivity (Wildman–Crippen MR) is 39.9 cm³/mol. The lowest BCUT2D eigenvalue weighted by Gasteiger charge is -1.95. The molecule has 0 spiro atoms.